The van der Waals surface area contributed by atoms with Gasteiger partial charge in [0.15, 0.2) is 11.5 Å². The second-order valence-corrected chi connectivity index (χ2v) is 5.61. The molecule has 3 rings (SSSR count). The number of carbonyl (C=O) groups excluding carboxylic acids is 1. The van der Waals surface area contributed by atoms with Crippen molar-refractivity contribution in [1.29, 1.82) is 0 Å². The molecular weight excluding hydrogens is 304 g/mol. The van der Waals surface area contributed by atoms with E-state index in [0.29, 0.717) is 12.2 Å². The number of aromatic nitrogens is 4. The predicted octanol–water partition coefficient (Wildman–Crippen LogP) is 1.75. The van der Waals surface area contributed by atoms with E-state index in [2.05, 4.69) is 25.5 Å². The molecule has 124 valence electrons. The van der Waals surface area contributed by atoms with Crippen molar-refractivity contribution in [1.82, 2.24) is 25.1 Å². The van der Waals surface area contributed by atoms with E-state index in [9.17, 15) is 4.79 Å². The molecule has 2 heterocycles. The zero-order valence-electron chi connectivity index (χ0n) is 13.8. The number of rotatable bonds is 6. The van der Waals surface area contributed by atoms with Crippen LogP contribution >= 0.6 is 0 Å². The molecule has 24 heavy (non-hydrogen) atoms. The van der Waals surface area contributed by atoms with E-state index < -0.39 is 0 Å². The summed E-state index contributed by atoms with van der Waals surface area (Å²) in [6.07, 6.45) is 0.851. The summed E-state index contributed by atoms with van der Waals surface area (Å²) in [5, 5.41) is 15.9. The fraction of sp³-hybridized carbons (Fsp3) is 0.294. The van der Waals surface area contributed by atoms with Crippen LogP contribution < -0.4 is 10.2 Å². The lowest BCUT2D eigenvalue weighted by atomic mass is 10.2. The van der Waals surface area contributed by atoms with Crippen molar-refractivity contribution in [3.8, 4) is 11.4 Å². The van der Waals surface area contributed by atoms with Gasteiger partial charge in [0.05, 0.1) is 0 Å². The predicted molar refractivity (Wildman–Crippen MR) is 92.8 cm³/mol. The number of amides is 1. The lowest BCUT2D eigenvalue weighted by Gasteiger charge is -2.18. The Balaban J connectivity index is 1.79. The molecule has 0 bridgehead atoms. The molecule has 0 spiro atoms. The van der Waals surface area contributed by atoms with Crippen LogP contribution in [-0.4, -0.2) is 45.9 Å². The summed E-state index contributed by atoms with van der Waals surface area (Å²) in [6.45, 7) is 2.97. The van der Waals surface area contributed by atoms with Gasteiger partial charge >= 0.3 is 0 Å². The van der Waals surface area contributed by atoms with Crippen LogP contribution in [0.5, 0.6) is 0 Å². The van der Waals surface area contributed by atoms with Crippen molar-refractivity contribution < 1.29 is 4.79 Å². The Morgan fingerprint density at radius 1 is 1.17 bits per heavy atom. The zero-order valence-corrected chi connectivity index (χ0v) is 13.8. The van der Waals surface area contributed by atoms with Crippen LogP contribution in [0.4, 0.5) is 5.82 Å². The zero-order chi connectivity index (χ0) is 16.9. The summed E-state index contributed by atoms with van der Waals surface area (Å²) in [7, 11) is 1.98. The van der Waals surface area contributed by atoms with Gasteiger partial charge in [-0.25, -0.2) is 0 Å². The van der Waals surface area contributed by atoms with Crippen LogP contribution in [0.15, 0.2) is 42.5 Å². The van der Waals surface area contributed by atoms with Crippen LogP contribution in [0.2, 0.25) is 0 Å². The van der Waals surface area contributed by atoms with Crippen molar-refractivity contribution in [2.75, 3.05) is 25.0 Å². The summed E-state index contributed by atoms with van der Waals surface area (Å²) in [4.78, 5) is 12.9. The van der Waals surface area contributed by atoms with Crippen molar-refractivity contribution in [3.05, 3.63) is 42.5 Å². The number of benzene rings is 1. The summed E-state index contributed by atoms with van der Waals surface area (Å²) in [5.41, 5.74) is 1.69. The lowest BCUT2D eigenvalue weighted by molar-refractivity contribution is -0.118. The summed E-state index contributed by atoms with van der Waals surface area (Å²) >= 11 is 0. The minimum Gasteiger partial charge on any atom is -0.358 e. The van der Waals surface area contributed by atoms with E-state index in [-0.39, 0.29) is 5.91 Å². The van der Waals surface area contributed by atoms with Gasteiger partial charge in [-0.2, -0.15) is 4.52 Å². The minimum atomic E-state index is -0.00538. The van der Waals surface area contributed by atoms with Crippen LogP contribution in [0.1, 0.15) is 13.3 Å². The molecule has 7 heteroatoms. The Labute approximate surface area is 140 Å². The standard InChI is InChI=1S/C17H20N6O/c1-13(24)18-11-6-12-22(2)16-10-9-15-19-20-17(23(15)21-16)14-7-4-3-5-8-14/h3-5,7-10H,6,11-12H2,1-2H3,(H,18,24). The maximum atomic E-state index is 10.9. The number of carbonyl (C=O) groups is 1. The molecule has 0 radical (unpaired) electrons. The quantitative estimate of drug-likeness (QED) is 0.699. The highest BCUT2D eigenvalue weighted by Gasteiger charge is 2.11. The third-order valence-electron chi connectivity index (χ3n) is 3.72. The Bertz CT molecular complexity index is 829. The average molecular weight is 324 g/mol. The molecule has 3 aromatic rings. The number of hydrogen-bond donors (Lipinski definition) is 1. The van der Waals surface area contributed by atoms with Gasteiger partial charge in [0.1, 0.15) is 5.82 Å². The average Bonchev–Trinajstić information content (AvgIpc) is 3.02. The third kappa shape index (κ3) is 3.51. The highest BCUT2D eigenvalue weighted by molar-refractivity contribution is 5.72. The second kappa shape index (κ2) is 7.08. The number of hydrogen-bond acceptors (Lipinski definition) is 5. The number of anilines is 1. The van der Waals surface area contributed by atoms with Gasteiger partial charge in [-0.05, 0) is 18.6 Å². The maximum Gasteiger partial charge on any atom is 0.216 e. The number of fused-ring (bicyclic) bond motifs is 1. The Morgan fingerprint density at radius 3 is 2.71 bits per heavy atom. The summed E-state index contributed by atoms with van der Waals surface area (Å²) < 4.78 is 1.76. The van der Waals surface area contributed by atoms with E-state index in [1.165, 1.54) is 6.92 Å². The highest BCUT2D eigenvalue weighted by Crippen LogP contribution is 2.18. The Morgan fingerprint density at radius 2 is 1.96 bits per heavy atom. The molecule has 0 aliphatic heterocycles. The van der Waals surface area contributed by atoms with Gasteiger partial charge in [0.2, 0.25) is 5.91 Å². The summed E-state index contributed by atoms with van der Waals surface area (Å²) in [5.74, 6) is 1.55. The monoisotopic (exact) mass is 324 g/mol. The molecule has 1 N–H and O–H groups in total. The van der Waals surface area contributed by atoms with Gasteiger partial charge in [0, 0.05) is 32.6 Å². The molecule has 0 aliphatic rings. The van der Waals surface area contributed by atoms with E-state index in [1.54, 1.807) is 4.52 Å². The SMILES string of the molecule is CC(=O)NCCCN(C)c1ccc2nnc(-c3ccccc3)n2n1. The van der Waals surface area contributed by atoms with Gasteiger partial charge in [0.25, 0.3) is 0 Å². The molecule has 7 nitrogen and oxygen atoms in total. The number of nitrogens with zero attached hydrogens (tertiary/aromatic N) is 5. The molecule has 1 amide bonds. The van der Waals surface area contributed by atoms with Crippen molar-refractivity contribution in [2.24, 2.45) is 0 Å². The van der Waals surface area contributed by atoms with Crippen molar-refractivity contribution >= 4 is 17.4 Å². The molecule has 0 saturated heterocycles. The fourth-order valence-corrected chi connectivity index (χ4v) is 2.45. The highest BCUT2D eigenvalue weighted by atomic mass is 16.1. The van der Waals surface area contributed by atoms with Crippen LogP contribution in [0, 0.1) is 0 Å². The minimum absolute atomic E-state index is 0.00538. The van der Waals surface area contributed by atoms with Crippen molar-refractivity contribution in [3.63, 3.8) is 0 Å². The number of nitrogens with one attached hydrogen (secondary N) is 1. The van der Waals surface area contributed by atoms with E-state index in [4.69, 9.17) is 0 Å². The normalized spacial score (nSPS) is 10.8. The van der Waals surface area contributed by atoms with Gasteiger partial charge in [-0.15, -0.1) is 15.3 Å². The third-order valence-corrected chi connectivity index (χ3v) is 3.72. The second-order valence-electron chi connectivity index (χ2n) is 5.61. The van der Waals surface area contributed by atoms with Gasteiger partial charge < -0.3 is 10.2 Å². The Hall–Kier alpha value is -2.96. The molecule has 0 atom stereocenters. The molecule has 0 fully saturated rings. The topological polar surface area (TPSA) is 75.4 Å². The first kappa shape index (κ1) is 15.9. The fourth-order valence-electron chi connectivity index (χ4n) is 2.45. The van der Waals surface area contributed by atoms with E-state index in [1.807, 2.05) is 49.5 Å². The molecular formula is C17H20N6O. The molecule has 0 unspecified atom stereocenters. The van der Waals surface area contributed by atoms with Crippen LogP contribution in [0.3, 0.4) is 0 Å². The lowest BCUT2D eigenvalue weighted by Crippen LogP contribution is -2.27. The molecule has 2 aromatic heterocycles. The van der Waals surface area contributed by atoms with E-state index in [0.717, 1.165) is 30.2 Å². The molecule has 0 aliphatic carbocycles. The van der Waals surface area contributed by atoms with E-state index >= 15 is 0 Å². The first-order valence-corrected chi connectivity index (χ1v) is 7.88. The van der Waals surface area contributed by atoms with Gasteiger partial charge in [-0.1, -0.05) is 30.3 Å². The van der Waals surface area contributed by atoms with Crippen LogP contribution in [-0.2, 0) is 4.79 Å². The summed E-state index contributed by atoms with van der Waals surface area (Å²) in [6, 6.07) is 13.7. The molecule has 0 saturated carbocycles. The van der Waals surface area contributed by atoms with Gasteiger partial charge in [-0.3, -0.25) is 4.79 Å². The smallest absolute Gasteiger partial charge is 0.216 e. The van der Waals surface area contributed by atoms with Crippen LogP contribution in [0.25, 0.3) is 17.0 Å². The maximum absolute atomic E-state index is 10.9. The largest absolute Gasteiger partial charge is 0.358 e. The first-order chi connectivity index (χ1) is 11.6. The van der Waals surface area contributed by atoms with Crippen molar-refractivity contribution in [2.45, 2.75) is 13.3 Å². The Kier molecular flexibility index (Phi) is 4.69. The first-order valence-electron chi connectivity index (χ1n) is 7.88. The molecule has 1 aromatic carbocycles.